The second kappa shape index (κ2) is 6.41. The van der Waals surface area contributed by atoms with Gasteiger partial charge in [0.1, 0.15) is 0 Å². The van der Waals surface area contributed by atoms with E-state index in [1.807, 2.05) is 0 Å². The molecule has 0 aliphatic heterocycles. The molecule has 1 atom stereocenters. The predicted octanol–water partition coefficient (Wildman–Crippen LogP) is 3.71. The van der Waals surface area contributed by atoms with E-state index in [4.69, 9.17) is 4.74 Å². The first-order chi connectivity index (χ1) is 8.72. The number of methoxy groups -OCH3 is 1. The topological polar surface area (TPSA) is 34.1 Å². The minimum Gasteiger partial charge on any atom is -0.385 e. The van der Waals surface area contributed by atoms with Crippen molar-refractivity contribution in [3.8, 4) is 0 Å². The fraction of sp³-hybridized carbons (Fsp3) is 0.462. The van der Waals surface area contributed by atoms with Gasteiger partial charge in [0.2, 0.25) is 0 Å². The number of thioether (sulfide) groups is 1. The fourth-order valence-electron chi connectivity index (χ4n) is 1.74. The summed E-state index contributed by atoms with van der Waals surface area (Å²) in [6, 6.07) is 6.34. The average molecular weight is 282 g/mol. The zero-order chi connectivity index (χ0) is 13.0. The highest BCUT2D eigenvalue weighted by molar-refractivity contribution is 8.00. The van der Waals surface area contributed by atoms with Crippen LogP contribution in [-0.4, -0.2) is 31.5 Å². The number of aromatic nitrogens is 1. The molecule has 0 bridgehead atoms. The Bertz CT molecular complexity index is 513. The Morgan fingerprint density at radius 3 is 3.06 bits per heavy atom. The number of rotatable bonds is 6. The van der Waals surface area contributed by atoms with Gasteiger partial charge >= 0.3 is 0 Å². The minimum absolute atomic E-state index is 0.508. The number of nitrogens with zero attached hydrogens (tertiary/aromatic N) is 1. The molecule has 1 aromatic heterocycles. The first-order valence-corrected chi connectivity index (χ1v) is 7.94. The maximum atomic E-state index is 5.13. The van der Waals surface area contributed by atoms with E-state index in [0.29, 0.717) is 5.92 Å². The molecule has 0 aliphatic rings. The molecule has 2 aromatic rings. The van der Waals surface area contributed by atoms with Crippen LogP contribution in [0.25, 0.3) is 10.2 Å². The summed E-state index contributed by atoms with van der Waals surface area (Å²) in [5.74, 6) is 0.508. The van der Waals surface area contributed by atoms with Gasteiger partial charge in [0, 0.05) is 19.3 Å². The molecule has 0 aliphatic carbocycles. The van der Waals surface area contributed by atoms with Crippen LogP contribution in [-0.2, 0) is 4.74 Å². The molecule has 5 heteroatoms. The lowest BCUT2D eigenvalue weighted by Gasteiger charge is -2.12. The van der Waals surface area contributed by atoms with Crippen molar-refractivity contribution in [2.75, 3.05) is 31.8 Å². The van der Waals surface area contributed by atoms with E-state index in [9.17, 15) is 0 Å². The molecule has 2 rings (SSSR count). The molecule has 18 heavy (non-hydrogen) atoms. The van der Waals surface area contributed by atoms with Crippen molar-refractivity contribution < 1.29 is 4.74 Å². The van der Waals surface area contributed by atoms with Crippen molar-refractivity contribution in [1.29, 1.82) is 0 Å². The molecular weight excluding hydrogens is 264 g/mol. The monoisotopic (exact) mass is 282 g/mol. The number of fused-ring (bicyclic) bond motifs is 1. The number of hydrogen-bond acceptors (Lipinski definition) is 5. The fourth-order valence-corrected chi connectivity index (χ4v) is 3.26. The Morgan fingerprint density at radius 1 is 1.50 bits per heavy atom. The van der Waals surface area contributed by atoms with Gasteiger partial charge in [-0.05, 0) is 30.4 Å². The standard InChI is InChI=1S/C13H18N2OS2/c1-9(8-16-2)7-14-10-4-5-11-12(6-10)18-13(15-11)17-3/h4-6,9,14H,7-8H2,1-3H3. The van der Waals surface area contributed by atoms with E-state index in [-0.39, 0.29) is 0 Å². The molecule has 0 saturated heterocycles. The number of nitrogens with one attached hydrogen (secondary N) is 1. The molecule has 0 spiro atoms. The van der Waals surface area contributed by atoms with Crippen LogP contribution in [0.5, 0.6) is 0 Å². The van der Waals surface area contributed by atoms with Crippen molar-refractivity contribution in [2.24, 2.45) is 5.92 Å². The highest BCUT2D eigenvalue weighted by Gasteiger charge is 2.05. The number of anilines is 1. The molecule has 1 heterocycles. The van der Waals surface area contributed by atoms with Gasteiger partial charge in [-0.2, -0.15) is 0 Å². The first-order valence-electron chi connectivity index (χ1n) is 5.90. The van der Waals surface area contributed by atoms with E-state index in [1.165, 1.54) is 4.70 Å². The van der Waals surface area contributed by atoms with Crippen LogP contribution >= 0.6 is 23.1 Å². The van der Waals surface area contributed by atoms with Gasteiger partial charge in [-0.15, -0.1) is 11.3 Å². The zero-order valence-electron chi connectivity index (χ0n) is 10.9. The number of benzene rings is 1. The molecule has 3 nitrogen and oxygen atoms in total. The van der Waals surface area contributed by atoms with Gasteiger partial charge < -0.3 is 10.1 Å². The zero-order valence-corrected chi connectivity index (χ0v) is 12.5. The van der Waals surface area contributed by atoms with Crippen molar-refractivity contribution in [1.82, 2.24) is 4.98 Å². The highest BCUT2D eigenvalue weighted by atomic mass is 32.2. The Morgan fingerprint density at radius 2 is 2.33 bits per heavy atom. The van der Waals surface area contributed by atoms with Crippen LogP contribution < -0.4 is 5.32 Å². The van der Waals surface area contributed by atoms with Crippen molar-refractivity contribution >= 4 is 39.0 Å². The highest BCUT2D eigenvalue weighted by Crippen LogP contribution is 2.29. The van der Waals surface area contributed by atoms with Crippen LogP contribution in [0, 0.1) is 5.92 Å². The van der Waals surface area contributed by atoms with E-state index in [1.54, 1.807) is 30.2 Å². The average Bonchev–Trinajstić information content (AvgIpc) is 2.78. The predicted molar refractivity (Wildman–Crippen MR) is 80.9 cm³/mol. The molecule has 1 unspecified atom stereocenters. The molecule has 0 radical (unpaired) electrons. The number of thiazole rings is 1. The van der Waals surface area contributed by atoms with Crippen LogP contribution in [0.4, 0.5) is 5.69 Å². The van der Waals surface area contributed by atoms with Gasteiger partial charge in [-0.25, -0.2) is 4.98 Å². The van der Waals surface area contributed by atoms with Crippen molar-refractivity contribution in [3.63, 3.8) is 0 Å². The summed E-state index contributed by atoms with van der Waals surface area (Å²) >= 11 is 3.44. The van der Waals surface area contributed by atoms with Gasteiger partial charge in [0.15, 0.2) is 4.34 Å². The van der Waals surface area contributed by atoms with Crippen LogP contribution in [0.2, 0.25) is 0 Å². The second-order valence-corrected chi connectivity index (χ2v) is 6.39. The van der Waals surface area contributed by atoms with Crippen LogP contribution in [0.1, 0.15) is 6.92 Å². The lowest BCUT2D eigenvalue weighted by molar-refractivity contribution is 0.164. The quantitative estimate of drug-likeness (QED) is 0.819. The summed E-state index contributed by atoms with van der Waals surface area (Å²) in [7, 11) is 1.74. The van der Waals surface area contributed by atoms with Gasteiger partial charge in [-0.3, -0.25) is 0 Å². The SMILES string of the molecule is COCC(C)CNc1ccc2nc(SC)sc2c1. The van der Waals surface area contributed by atoms with Gasteiger partial charge in [-0.1, -0.05) is 18.7 Å². The summed E-state index contributed by atoms with van der Waals surface area (Å²) < 4.78 is 7.49. The smallest absolute Gasteiger partial charge is 0.150 e. The Labute approximate surface area is 116 Å². The molecule has 0 fully saturated rings. The first kappa shape index (κ1) is 13.6. The van der Waals surface area contributed by atoms with E-state index < -0.39 is 0 Å². The third-order valence-corrected chi connectivity index (χ3v) is 4.65. The Kier molecular flexibility index (Phi) is 4.86. The second-order valence-electron chi connectivity index (χ2n) is 4.31. The molecular formula is C13H18N2OS2. The van der Waals surface area contributed by atoms with Crippen molar-refractivity contribution in [2.45, 2.75) is 11.3 Å². The molecule has 0 saturated carbocycles. The Balaban J connectivity index is 2.05. The maximum absolute atomic E-state index is 5.13. The lowest BCUT2D eigenvalue weighted by Crippen LogP contribution is -2.15. The minimum atomic E-state index is 0.508. The molecule has 1 N–H and O–H groups in total. The van der Waals surface area contributed by atoms with Crippen molar-refractivity contribution in [3.05, 3.63) is 18.2 Å². The summed E-state index contributed by atoms with van der Waals surface area (Å²) in [5.41, 5.74) is 2.24. The summed E-state index contributed by atoms with van der Waals surface area (Å²) in [5, 5.41) is 3.44. The normalized spacial score (nSPS) is 12.8. The van der Waals surface area contributed by atoms with Crippen LogP contribution in [0.3, 0.4) is 0 Å². The maximum Gasteiger partial charge on any atom is 0.150 e. The summed E-state index contributed by atoms with van der Waals surface area (Å²) in [6.45, 7) is 3.88. The third kappa shape index (κ3) is 3.37. The van der Waals surface area contributed by atoms with E-state index in [0.717, 1.165) is 28.7 Å². The molecule has 98 valence electrons. The third-order valence-electron chi connectivity index (χ3n) is 2.65. The van der Waals surface area contributed by atoms with Gasteiger partial charge in [0.25, 0.3) is 0 Å². The largest absolute Gasteiger partial charge is 0.385 e. The summed E-state index contributed by atoms with van der Waals surface area (Å²) in [4.78, 5) is 4.53. The van der Waals surface area contributed by atoms with E-state index in [2.05, 4.69) is 41.7 Å². The Hall–Kier alpha value is -0.780. The van der Waals surface area contributed by atoms with Crippen LogP contribution in [0.15, 0.2) is 22.5 Å². The lowest BCUT2D eigenvalue weighted by atomic mass is 10.2. The summed E-state index contributed by atoms with van der Waals surface area (Å²) in [6.07, 6.45) is 2.06. The number of hydrogen-bond donors (Lipinski definition) is 1. The van der Waals surface area contributed by atoms with Gasteiger partial charge in [0.05, 0.1) is 16.8 Å². The molecule has 0 amide bonds. The van der Waals surface area contributed by atoms with E-state index >= 15 is 0 Å². The number of ether oxygens (including phenoxy) is 1. The molecule has 1 aromatic carbocycles.